The molecule has 100 valence electrons. The molecule has 0 radical (unpaired) electrons. The molecule has 19 heavy (non-hydrogen) atoms. The van der Waals surface area contributed by atoms with Crippen LogP contribution in [0.1, 0.15) is 30.7 Å². The van der Waals surface area contributed by atoms with Crippen LogP contribution in [0, 0.1) is 0 Å². The third-order valence-corrected chi connectivity index (χ3v) is 3.33. The number of methoxy groups -OCH3 is 1. The average molecular weight is 259 g/mol. The largest absolute Gasteiger partial charge is 0.469 e. The van der Waals surface area contributed by atoms with Crippen molar-refractivity contribution in [3.63, 3.8) is 0 Å². The monoisotopic (exact) mass is 259 g/mol. The van der Waals surface area contributed by atoms with Crippen molar-refractivity contribution >= 4 is 11.7 Å². The lowest BCUT2D eigenvalue weighted by Gasteiger charge is -2.23. The smallest absolute Gasteiger partial charge is 0.309 e. The number of ether oxygens (including phenoxy) is 1. The maximum absolute atomic E-state index is 11.4. The van der Waals surface area contributed by atoms with Crippen LogP contribution < -0.4 is 0 Å². The van der Waals surface area contributed by atoms with Gasteiger partial charge < -0.3 is 9.94 Å². The lowest BCUT2D eigenvalue weighted by Crippen LogP contribution is -2.15. The van der Waals surface area contributed by atoms with E-state index in [-0.39, 0.29) is 18.3 Å². The number of nitrogens with zero attached hydrogens (tertiary/aromatic N) is 1. The molecule has 1 atom stereocenters. The molecule has 0 saturated heterocycles. The Labute approximate surface area is 112 Å². The van der Waals surface area contributed by atoms with E-state index in [0.717, 1.165) is 12.0 Å². The molecule has 0 fully saturated rings. The molecule has 1 N–H and O–H groups in total. The minimum atomic E-state index is -0.266. The van der Waals surface area contributed by atoms with Crippen molar-refractivity contribution in [2.75, 3.05) is 7.11 Å². The van der Waals surface area contributed by atoms with Gasteiger partial charge in [0.15, 0.2) is 0 Å². The number of carbonyl (C=O) groups is 1. The fourth-order valence-corrected chi connectivity index (χ4v) is 2.41. The van der Waals surface area contributed by atoms with E-state index in [1.165, 1.54) is 12.7 Å². The molecule has 4 heteroatoms. The van der Waals surface area contributed by atoms with E-state index in [1.807, 2.05) is 18.2 Å². The third kappa shape index (κ3) is 3.44. The Bertz CT molecular complexity index is 505. The number of hydrogen-bond donors (Lipinski definition) is 1. The Hall–Kier alpha value is -2.10. The van der Waals surface area contributed by atoms with Crippen molar-refractivity contribution < 1.29 is 14.7 Å². The highest BCUT2D eigenvalue weighted by Crippen LogP contribution is 2.33. The number of rotatable bonds is 3. The van der Waals surface area contributed by atoms with Crippen molar-refractivity contribution in [3.8, 4) is 0 Å². The first-order valence-corrected chi connectivity index (χ1v) is 6.25. The van der Waals surface area contributed by atoms with Gasteiger partial charge in [0.25, 0.3) is 0 Å². The molecular weight excluding hydrogens is 242 g/mol. The van der Waals surface area contributed by atoms with Crippen LogP contribution in [0.25, 0.3) is 0 Å². The maximum Gasteiger partial charge on any atom is 0.309 e. The molecule has 0 bridgehead atoms. The van der Waals surface area contributed by atoms with Gasteiger partial charge in [-0.15, -0.1) is 0 Å². The summed E-state index contributed by atoms with van der Waals surface area (Å²) in [6.07, 6.45) is 3.51. The second kappa shape index (κ2) is 6.18. The average Bonchev–Trinajstić information content (AvgIpc) is 2.47. The van der Waals surface area contributed by atoms with Crippen LogP contribution in [0.4, 0.5) is 0 Å². The number of carbonyl (C=O) groups excluding carboxylic acids is 1. The number of hydrogen-bond acceptors (Lipinski definition) is 4. The zero-order chi connectivity index (χ0) is 13.7. The minimum absolute atomic E-state index is 0.247. The SMILES string of the molecule is COC(=O)CC1=C/C(=N\O)C[C@H](c2ccccc2)C1. The summed E-state index contributed by atoms with van der Waals surface area (Å²) < 4.78 is 4.68. The third-order valence-electron chi connectivity index (χ3n) is 3.33. The Morgan fingerprint density at radius 2 is 2.11 bits per heavy atom. The first-order valence-electron chi connectivity index (χ1n) is 6.25. The highest BCUT2D eigenvalue weighted by Gasteiger charge is 2.22. The zero-order valence-corrected chi connectivity index (χ0v) is 10.9. The highest BCUT2D eigenvalue weighted by molar-refractivity contribution is 5.97. The zero-order valence-electron chi connectivity index (χ0n) is 10.9. The standard InChI is InChI=1S/C15H17NO3/c1-19-15(17)9-11-7-13(10-14(8-11)16-18)12-5-3-2-4-6-12/h2-6,8,13,18H,7,9-10H2,1H3/b16-14+/t13-/m1/s1. The van der Waals surface area contributed by atoms with Crippen LogP contribution in [0.15, 0.2) is 47.1 Å². The number of esters is 1. The van der Waals surface area contributed by atoms with Crippen molar-refractivity contribution in [2.24, 2.45) is 5.16 Å². The van der Waals surface area contributed by atoms with Crippen LogP contribution in [0.3, 0.4) is 0 Å². The maximum atomic E-state index is 11.4. The van der Waals surface area contributed by atoms with Crippen LogP contribution >= 0.6 is 0 Å². The molecule has 0 saturated carbocycles. The van der Waals surface area contributed by atoms with Crippen LogP contribution in [-0.4, -0.2) is 24.0 Å². The Balaban J connectivity index is 2.18. The van der Waals surface area contributed by atoms with E-state index >= 15 is 0 Å². The summed E-state index contributed by atoms with van der Waals surface area (Å²) in [7, 11) is 1.38. The van der Waals surface area contributed by atoms with Crippen molar-refractivity contribution in [2.45, 2.75) is 25.2 Å². The van der Waals surface area contributed by atoms with Gasteiger partial charge in [-0.3, -0.25) is 4.79 Å². The van der Waals surface area contributed by atoms with Gasteiger partial charge in [-0.1, -0.05) is 41.1 Å². The van der Waals surface area contributed by atoms with E-state index in [2.05, 4.69) is 22.0 Å². The Morgan fingerprint density at radius 1 is 1.37 bits per heavy atom. The van der Waals surface area contributed by atoms with E-state index in [0.29, 0.717) is 12.1 Å². The predicted molar refractivity (Wildman–Crippen MR) is 72.4 cm³/mol. The van der Waals surface area contributed by atoms with E-state index in [4.69, 9.17) is 5.21 Å². The number of benzene rings is 1. The molecule has 1 aromatic carbocycles. The minimum Gasteiger partial charge on any atom is -0.469 e. The summed E-state index contributed by atoms with van der Waals surface area (Å²) in [6, 6.07) is 10.1. The fraction of sp³-hybridized carbons (Fsp3) is 0.333. The quantitative estimate of drug-likeness (QED) is 0.516. The summed E-state index contributed by atoms with van der Waals surface area (Å²) in [5.74, 6) is -0.0194. The molecule has 0 heterocycles. The van der Waals surface area contributed by atoms with Crippen molar-refractivity contribution in [1.29, 1.82) is 0 Å². The predicted octanol–water partition coefficient (Wildman–Crippen LogP) is 2.88. The summed E-state index contributed by atoms with van der Waals surface area (Å²) in [5, 5.41) is 12.3. The molecular formula is C15H17NO3. The van der Waals surface area contributed by atoms with Gasteiger partial charge in [-0.25, -0.2) is 0 Å². The van der Waals surface area contributed by atoms with E-state index in [1.54, 1.807) is 6.08 Å². The first-order chi connectivity index (χ1) is 9.22. The van der Waals surface area contributed by atoms with Gasteiger partial charge in [0.1, 0.15) is 0 Å². The summed E-state index contributed by atoms with van der Waals surface area (Å²) in [5.41, 5.74) is 2.75. The van der Waals surface area contributed by atoms with Gasteiger partial charge in [0, 0.05) is 6.42 Å². The van der Waals surface area contributed by atoms with Gasteiger partial charge in [-0.2, -0.15) is 0 Å². The van der Waals surface area contributed by atoms with Gasteiger partial charge >= 0.3 is 5.97 Å². The van der Waals surface area contributed by atoms with E-state index < -0.39 is 0 Å². The Kier molecular flexibility index (Phi) is 4.34. The molecule has 1 aromatic rings. The number of oxime groups is 1. The molecule has 0 spiro atoms. The highest BCUT2D eigenvalue weighted by atomic mass is 16.5. The van der Waals surface area contributed by atoms with Gasteiger partial charge in [-0.05, 0) is 24.0 Å². The summed E-state index contributed by atoms with van der Waals surface area (Å²) in [6.45, 7) is 0. The first kappa shape index (κ1) is 13.3. The second-order valence-corrected chi connectivity index (χ2v) is 4.66. The molecule has 2 rings (SSSR count). The molecule has 0 amide bonds. The van der Waals surface area contributed by atoms with Gasteiger partial charge in [0.2, 0.25) is 0 Å². The lowest BCUT2D eigenvalue weighted by atomic mass is 9.82. The van der Waals surface area contributed by atoms with Gasteiger partial charge in [0.05, 0.1) is 19.2 Å². The van der Waals surface area contributed by atoms with Crippen LogP contribution in [-0.2, 0) is 9.53 Å². The topological polar surface area (TPSA) is 58.9 Å². The lowest BCUT2D eigenvalue weighted by molar-refractivity contribution is -0.139. The molecule has 0 unspecified atom stereocenters. The Morgan fingerprint density at radius 3 is 2.74 bits per heavy atom. The van der Waals surface area contributed by atoms with Crippen molar-refractivity contribution in [3.05, 3.63) is 47.5 Å². The fourth-order valence-electron chi connectivity index (χ4n) is 2.41. The second-order valence-electron chi connectivity index (χ2n) is 4.66. The molecule has 1 aliphatic rings. The summed E-state index contributed by atoms with van der Waals surface area (Å²) in [4.78, 5) is 11.4. The summed E-state index contributed by atoms with van der Waals surface area (Å²) >= 11 is 0. The van der Waals surface area contributed by atoms with Crippen LogP contribution in [0.5, 0.6) is 0 Å². The molecule has 0 aliphatic heterocycles. The molecule has 4 nitrogen and oxygen atoms in total. The molecule has 1 aliphatic carbocycles. The van der Waals surface area contributed by atoms with Crippen molar-refractivity contribution in [1.82, 2.24) is 0 Å². The van der Waals surface area contributed by atoms with Crippen LogP contribution in [0.2, 0.25) is 0 Å². The van der Waals surface area contributed by atoms with E-state index in [9.17, 15) is 4.79 Å². The molecule has 0 aromatic heterocycles. The number of allylic oxidation sites excluding steroid dienone is 1. The normalized spacial score (nSPS) is 21.0.